The molecule has 1 heterocycles. The van der Waals surface area contributed by atoms with Gasteiger partial charge >= 0.3 is 7.12 Å². The molecular formula is C30H36BClN2O4. The molecule has 4 aliphatic carbocycles. The summed E-state index contributed by atoms with van der Waals surface area (Å²) in [6, 6.07) is 15.0. The molecule has 0 radical (unpaired) electrons. The lowest BCUT2D eigenvalue weighted by molar-refractivity contribution is -0.199. The molecule has 2 aromatic carbocycles. The zero-order chi connectivity index (χ0) is 26.9. The molecule has 1 aliphatic heterocycles. The Bertz CT molecular complexity index is 1250. The highest BCUT2D eigenvalue weighted by Crippen LogP contribution is 2.65. The van der Waals surface area contributed by atoms with E-state index in [1.807, 2.05) is 0 Å². The van der Waals surface area contributed by atoms with Gasteiger partial charge in [-0.05, 0) is 93.0 Å². The molecule has 200 valence electrons. The molecule has 0 aromatic heterocycles. The molecule has 5 atom stereocenters. The van der Waals surface area contributed by atoms with Crippen molar-refractivity contribution in [2.45, 2.75) is 83.0 Å². The highest BCUT2D eigenvalue weighted by molar-refractivity contribution is 6.48. The van der Waals surface area contributed by atoms with Gasteiger partial charge in [-0.15, -0.1) is 0 Å². The van der Waals surface area contributed by atoms with Crippen LogP contribution in [0.25, 0.3) is 0 Å². The molecule has 6 nitrogen and oxygen atoms in total. The lowest BCUT2D eigenvalue weighted by atomic mass is 9.43. The predicted octanol–water partition coefficient (Wildman–Crippen LogP) is 4.91. The molecule has 5 aliphatic rings. The van der Waals surface area contributed by atoms with Crippen molar-refractivity contribution < 1.29 is 18.9 Å². The van der Waals surface area contributed by atoms with E-state index in [4.69, 9.17) is 20.9 Å². The summed E-state index contributed by atoms with van der Waals surface area (Å²) in [6.07, 6.45) is 3.97. The van der Waals surface area contributed by atoms with E-state index in [2.05, 4.69) is 62.6 Å². The monoisotopic (exact) mass is 534 g/mol. The summed E-state index contributed by atoms with van der Waals surface area (Å²) in [7, 11) is -0.548. The maximum absolute atomic E-state index is 13.7. The van der Waals surface area contributed by atoms with Crippen molar-refractivity contribution in [1.82, 2.24) is 10.6 Å². The SMILES string of the molecule is Cc1ccc(C[C@H](NC(=O)C2(NC(=O)c3ccc(Cl)cc3)CC2)B2O[C@@H]3C[C@@H]4C[C@@H](C4(C)C)[C@]3(C)O2)cc1. The van der Waals surface area contributed by atoms with Gasteiger partial charge in [0.15, 0.2) is 0 Å². The van der Waals surface area contributed by atoms with E-state index in [0.29, 0.717) is 41.7 Å². The van der Waals surface area contributed by atoms with Gasteiger partial charge in [0.1, 0.15) is 5.54 Å². The van der Waals surface area contributed by atoms with Gasteiger partial charge in [-0.25, -0.2) is 0 Å². The lowest BCUT2D eigenvalue weighted by Crippen LogP contribution is -2.65. The smallest absolute Gasteiger partial charge is 0.404 e. The molecule has 1 saturated heterocycles. The van der Waals surface area contributed by atoms with Crippen LogP contribution in [0.2, 0.25) is 5.02 Å². The van der Waals surface area contributed by atoms with Crippen molar-refractivity contribution >= 4 is 30.5 Å². The molecule has 2 aromatic rings. The summed E-state index contributed by atoms with van der Waals surface area (Å²) in [5.41, 5.74) is 1.73. The Kier molecular flexibility index (Phi) is 6.21. The molecule has 38 heavy (non-hydrogen) atoms. The highest BCUT2D eigenvalue weighted by Gasteiger charge is 2.68. The number of rotatable bonds is 7. The predicted molar refractivity (Wildman–Crippen MR) is 148 cm³/mol. The molecule has 2 N–H and O–H groups in total. The molecule has 8 heteroatoms. The topological polar surface area (TPSA) is 76.7 Å². The maximum atomic E-state index is 13.7. The normalized spacial score (nSPS) is 30.6. The van der Waals surface area contributed by atoms with Crippen LogP contribution in [0, 0.1) is 24.2 Å². The summed E-state index contributed by atoms with van der Waals surface area (Å²) in [4.78, 5) is 26.6. The van der Waals surface area contributed by atoms with Crippen molar-refractivity contribution in [3.05, 3.63) is 70.2 Å². The average Bonchev–Trinajstić information content (AvgIpc) is 3.57. The van der Waals surface area contributed by atoms with Crippen LogP contribution in [-0.2, 0) is 20.5 Å². The van der Waals surface area contributed by atoms with Gasteiger partial charge < -0.3 is 19.9 Å². The second kappa shape index (κ2) is 9.11. The van der Waals surface area contributed by atoms with E-state index >= 15 is 0 Å². The van der Waals surface area contributed by atoms with E-state index in [1.54, 1.807) is 24.3 Å². The van der Waals surface area contributed by atoms with Crippen LogP contribution in [0.15, 0.2) is 48.5 Å². The van der Waals surface area contributed by atoms with Gasteiger partial charge in [-0.1, -0.05) is 55.3 Å². The Balaban J connectivity index is 1.21. The van der Waals surface area contributed by atoms with Gasteiger partial charge in [0.2, 0.25) is 5.91 Å². The quantitative estimate of drug-likeness (QED) is 0.495. The van der Waals surface area contributed by atoms with Crippen LogP contribution < -0.4 is 10.6 Å². The fourth-order valence-electron chi connectivity index (χ4n) is 7.00. The number of benzene rings is 2. The molecule has 0 unspecified atom stereocenters. The highest BCUT2D eigenvalue weighted by atomic mass is 35.5. The maximum Gasteiger partial charge on any atom is 0.482 e. The molecule has 4 saturated carbocycles. The van der Waals surface area contributed by atoms with E-state index in [-0.39, 0.29) is 34.9 Å². The van der Waals surface area contributed by atoms with Crippen LogP contribution in [0.4, 0.5) is 0 Å². The number of halogens is 1. The summed E-state index contributed by atoms with van der Waals surface area (Å²) in [5, 5.41) is 6.78. The number of hydrogen-bond acceptors (Lipinski definition) is 4. The van der Waals surface area contributed by atoms with Gasteiger partial charge in [-0.2, -0.15) is 0 Å². The van der Waals surface area contributed by atoms with Crippen LogP contribution in [0.1, 0.15) is 67.9 Å². The zero-order valence-electron chi connectivity index (χ0n) is 22.6. The van der Waals surface area contributed by atoms with Crippen LogP contribution in [0.5, 0.6) is 0 Å². The largest absolute Gasteiger partial charge is 0.482 e. The van der Waals surface area contributed by atoms with Crippen molar-refractivity contribution in [2.24, 2.45) is 17.3 Å². The molecule has 7 rings (SSSR count). The first-order valence-electron chi connectivity index (χ1n) is 13.8. The van der Waals surface area contributed by atoms with Crippen molar-refractivity contribution in [3.63, 3.8) is 0 Å². The third kappa shape index (κ3) is 4.37. The first-order valence-corrected chi connectivity index (χ1v) is 14.2. The fraction of sp³-hybridized carbons (Fsp3) is 0.533. The van der Waals surface area contributed by atoms with Crippen LogP contribution >= 0.6 is 11.6 Å². The minimum atomic E-state index is -0.916. The van der Waals surface area contributed by atoms with E-state index < -0.39 is 12.7 Å². The Hall–Kier alpha value is -2.35. The second-order valence-corrected chi connectivity index (χ2v) is 13.1. The van der Waals surface area contributed by atoms with E-state index in [0.717, 1.165) is 12.0 Å². The first-order chi connectivity index (χ1) is 18.0. The number of carbonyl (C=O) groups excluding carboxylic acids is 2. The number of aryl methyl sites for hydroxylation is 1. The molecule has 2 bridgehead atoms. The minimum absolute atomic E-state index is 0.0289. The standard InChI is InChI=1S/C30H36BClN2O4/c1-18-5-7-19(8-6-18)15-25(31-37-24-17-21-16-23(28(21,2)3)29(24,4)38-31)33-27(36)30(13-14-30)34-26(35)20-9-11-22(32)12-10-20/h5-12,21,23-25H,13-17H2,1-4H3,(H,33,36)(H,34,35)/t21-,23-,24+,25-,29-/m0/s1. The van der Waals surface area contributed by atoms with Gasteiger partial charge in [0, 0.05) is 10.6 Å². The summed E-state index contributed by atoms with van der Waals surface area (Å²) in [6.45, 7) is 8.94. The number of nitrogens with one attached hydrogen (secondary N) is 2. The first kappa shape index (κ1) is 25.9. The van der Waals surface area contributed by atoms with Crippen molar-refractivity contribution in [3.8, 4) is 0 Å². The second-order valence-electron chi connectivity index (χ2n) is 12.6. The van der Waals surface area contributed by atoms with Crippen molar-refractivity contribution in [1.29, 1.82) is 0 Å². The third-order valence-corrected chi connectivity index (χ3v) is 10.1. The number of hydrogen-bond donors (Lipinski definition) is 2. The molecular weight excluding hydrogens is 499 g/mol. The summed E-state index contributed by atoms with van der Waals surface area (Å²) >= 11 is 5.97. The molecule has 2 amide bonds. The van der Waals surface area contributed by atoms with Crippen LogP contribution in [-0.4, -0.2) is 42.1 Å². The molecule has 5 fully saturated rings. The van der Waals surface area contributed by atoms with Gasteiger partial charge in [-0.3, -0.25) is 9.59 Å². The summed E-state index contributed by atoms with van der Waals surface area (Å²) < 4.78 is 13.3. The fourth-order valence-corrected chi connectivity index (χ4v) is 7.12. The minimum Gasteiger partial charge on any atom is -0.404 e. The lowest BCUT2D eigenvalue weighted by Gasteiger charge is -2.64. The Morgan fingerprint density at radius 3 is 2.37 bits per heavy atom. The Labute approximate surface area is 230 Å². The van der Waals surface area contributed by atoms with E-state index in [9.17, 15) is 9.59 Å². The van der Waals surface area contributed by atoms with Gasteiger partial charge in [0.25, 0.3) is 5.91 Å². The number of carbonyl (C=O) groups is 2. The number of amides is 2. The van der Waals surface area contributed by atoms with E-state index in [1.165, 1.54) is 12.0 Å². The summed E-state index contributed by atoms with van der Waals surface area (Å²) in [5.74, 6) is 0.244. The Morgan fingerprint density at radius 1 is 1.05 bits per heavy atom. The third-order valence-electron chi connectivity index (χ3n) is 9.83. The molecule has 0 spiro atoms. The van der Waals surface area contributed by atoms with Crippen molar-refractivity contribution in [2.75, 3.05) is 0 Å². The van der Waals surface area contributed by atoms with Crippen LogP contribution in [0.3, 0.4) is 0 Å². The van der Waals surface area contributed by atoms with Gasteiger partial charge in [0.05, 0.1) is 17.6 Å². The zero-order valence-corrected chi connectivity index (χ0v) is 23.3. The average molecular weight is 535 g/mol. The Morgan fingerprint density at radius 2 is 1.74 bits per heavy atom.